The van der Waals surface area contributed by atoms with Gasteiger partial charge < -0.3 is 4.90 Å². The number of pyridine rings is 1. The van der Waals surface area contributed by atoms with Crippen LogP contribution in [0, 0.1) is 6.92 Å². The lowest BCUT2D eigenvalue weighted by molar-refractivity contribution is -0.117. The smallest absolute Gasteiger partial charge is 0.228 e. The maximum absolute atomic E-state index is 11.6. The zero-order valence-corrected chi connectivity index (χ0v) is 9.92. The molecule has 2 rings (SSSR count). The molecule has 0 spiro atoms. The Labute approximate surface area is 98.8 Å². The molecule has 1 saturated heterocycles. The lowest BCUT2D eigenvalue weighted by atomic mass is 10.2. The lowest BCUT2D eigenvalue weighted by Gasteiger charge is -2.17. The first-order chi connectivity index (χ1) is 7.08. The van der Waals surface area contributed by atoms with Crippen LogP contribution in [0.4, 0.5) is 5.69 Å². The van der Waals surface area contributed by atoms with Crippen molar-refractivity contribution in [1.29, 1.82) is 0 Å². The number of nitrogens with zero attached hydrogens (tertiary/aromatic N) is 2. The summed E-state index contributed by atoms with van der Waals surface area (Å²) in [6.07, 6.45) is 2.13. The van der Waals surface area contributed by atoms with Crippen molar-refractivity contribution in [3.63, 3.8) is 0 Å². The number of carbonyl (C=O) groups excluding carboxylic acids is 1. The Morgan fingerprint density at radius 1 is 1.67 bits per heavy atom. The highest BCUT2D eigenvalue weighted by Crippen LogP contribution is 2.27. The van der Waals surface area contributed by atoms with E-state index >= 15 is 0 Å². The second-order valence-electron chi connectivity index (χ2n) is 3.66. The number of aryl methyl sites for hydroxylation is 1. The van der Waals surface area contributed by atoms with Gasteiger partial charge in [-0.25, -0.2) is 4.98 Å². The number of amides is 1. The SMILES string of the molecule is Cc1cc(Cl)ncc1N1CC(S)CC1=O. The van der Waals surface area contributed by atoms with E-state index in [2.05, 4.69) is 17.6 Å². The molecular formula is C10H11ClN2OS. The first-order valence-electron chi connectivity index (χ1n) is 4.68. The summed E-state index contributed by atoms with van der Waals surface area (Å²) in [6, 6.07) is 1.76. The molecule has 1 aliphatic heterocycles. The first-order valence-corrected chi connectivity index (χ1v) is 5.58. The normalized spacial score (nSPS) is 21.1. The van der Waals surface area contributed by atoms with Crippen molar-refractivity contribution in [3.8, 4) is 0 Å². The number of carbonyl (C=O) groups is 1. The molecule has 1 fully saturated rings. The number of hydrogen-bond donors (Lipinski definition) is 1. The van der Waals surface area contributed by atoms with Crippen LogP contribution >= 0.6 is 24.2 Å². The van der Waals surface area contributed by atoms with E-state index in [0.717, 1.165) is 11.3 Å². The summed E-state index contributed by atoms with van der Waals surface area (Å²) in [5.74, 6) is 0.0993. The average molecular weight is 243 g/mol. The Kier molecular flexibility index (Phi) is 2.89. The van der Waals surface area contributed by atoms with Crippen molar-refractivity contribution in [2.75, 3.05) is 11.4 Å². The fourth-order valence-electron chi connectivity index (χ4n) is 1.72. The third-order valence-electron chi connectivity index (χ3n) is 2.45. The molecule has 0 aromatic carbocycles. The number of aromatic nitrogens is 1. The topological polar surface area (TPSA) is 33.2 Å². The summed E-state index contributed by atoms with van der Waals surface area (Å²) in [5, 5.41) is 0.567. The van der Waals surface area contributed by atoms with Crippen LogP contribution in [0.2, 0.25) is 5.15 Å². The predicted octanol–water partition coefficient (Wildman–Crippen LogP) is 2.08. The number of hydrogen-bond acceptors (Lipinski definition) is 3. The molecule has 0 bridgehead atoms. The van der Waals surface area contributed by atoms with E-state index in [-0.39, 0.29) is 11.2 Å². The molecule has 1 amide bonds. The van der Waals surface area contributed by atoms with Crippen LogP contribution in [0.3, 0.4) is 0 Å². The third-order valence-corrected chi connectivity index (χ3v) is 3.00. The van der Waals surface area contributed by atoms with Crippen molar-refractivity contribution < 1.29 is 4.79 Å². The van der Waals surface area contributed by atoms with Gasteiger partial charge in [0.1, 0.15) is 5.15 Å². The highest BCUT2D eigenvalue weighted by atomic mass is 35.5. The molecule has 0 aliphatic carbocycles. The Hall–Kier alpha value is -0.740. The number of anilines is 1. The molecule has 80 valence electrons. The van der Waals surface area contributed by atoms with Crippen LogP contribution in [0.5, 0.6) is 0 Å². The van der Waals surface area contributed by atoms with Crippen LogP contribution in [0.25, 0.3) is 0 Å². The fourth-order valence-corrected chi connectivity index (χ4v) is 2.25. The van der Waals surface area contributed by atoms with Gasteiger partial charge in [-0.05, 0) is 18.6 Å². The second kappa shape index (κ2) is 4.02. The van der Waals surface area contributed by atoms with E-state index in [0.29, 0.717) is 18.1 Å². The van der Waals surface area contributed by atoms with Gasteiger partial charge in [0.2, 0.25) is 5.91 Å². The van der Waals surface area contributed by atoms with Gasteiger partial charge in [-0.2, -0.15) is 12.6 Å². The maximum Gasteiger partial charge on any atom is 0.228 e. The van der Waals surface area contributed by atoms with Crippen LogP contribution in [0.15, 0.2) is 12.3 Å². The average Bonchev–Trinajstić information content (AvgIpc) is 2.45. The molecule has 0 N–H and O–H groups in total. The standard InChI is InChI=1S/C10H11ClN2OS/c1-6-2-9(11)12-4-8(6)13-5-7(15)3-10(13)14/h2,4,7,15H,3,5H2,1H3. The van der Waals surface area contributed by atoms with Gasteiger partial charge in [0.25, 0.3) is 0 Å². The Morgan fingerprint density at radius 2 is 2.40 bits per heavy atom. The van der Waals surface area contributed by atoms with Crippen LogP contribution in [0.1, 0.15) is 12.0 Å². The van der Waals surface area contributed by atoms with E-state index in [1.807, 2.05) is 6.92 Å². The number of thiol groups is 1. The Balaban J connectivity index is 2.34. The molecule has 2 heterocycles. The minimum atomic E-state index is 0.0993. The van der Waals surface area contributed by atoms with E-state index in [9.17, 15) is 4.79 Å². The monoisotopic (exact) mass is 242 g/mol. The quantitative estimate of drug-likeness (QED) is 0.604. The van der Waals surface area contributed by atoms with Gasteiger partial charge in [0, 0.05) is 18.2 Å². The summed E-state index contributed by atoms with van der Waals surface area (Å²) >= 11 is 10.1. The summed E-state index contributed by atoms with van der Waals surface area (Å²) < 4.78 is 0. The van der Waals surface area contributed by atoms with Crippen molar-refractivity contribution in [1.82, 2.24) is 4.98 Å². The molecule has 1 unspecified atom stereocenters. The van der Waals surface area contributed by atoms with E-state index < -0.39 is 0 Å². The molecule has 1 atom stereocenters. The third kappa shape index (κ3) is 2.11. The first kappa shape index (κ1) is 10.8. The molecule has 0 radical (unpaired) electrons. The Morgan fingerprint density at radius 3 is 2.93 bits per heavy atom. The van der Waals surface area contributed by atoms with Gasteiger partial charge in [-0.1, -0.05) is 11.6 Å². The van der Waals surface area contributed by atoms with Crippen molar-refractivity contribution in [2.45, 2.75) is 18.6 Å². The summed E-state index contributed by atoms with van der Waals surface area (Å²) in [4.78, 5) is 17.3. The molecule has 3 nitrogen and oxygen atoms in total. The zero-order chi connectivity index (χ0) is 11.0. The highest BCUT2D eigenvalue weighted by molar-refractivity contribution is 7.81. The summed E-state index contributed by atoms with van der Waals surface area (Å²) in [5.41, 5.74) is 1.80. The Bertz CT molecular complexity index is 410. The molecule has 15 heavy (non-hydrogen) atoms. The molecule has 1 aromatic rings. The highest BCUT2D eigenvalue weighted by Gasteiger charge is 2.29. The summed E-state index contributed by atoms with van der Waals surface area (Å²) in [7, 11) is 0. The zero-order valence-electron chi connectivity index (χ0n) is 8.27. The minimum absolute atomic E-state index is 0.0993. The number of halogens is 1. The van der Waals surface area contributed by atoms with Gasteiger partial charge in [-0.3, -0.25) is 4.79 Å². The molecule has 0 saturated carbocycles. The fraction of sp³-hybridized carbons (Fsp3) is 0.400. The van der Waals surface area contributed by atoms with Crippen LogP contribution < -0.4 is 4.90 Å². The van der Waals surface area contributed by atoms with Crippen molar-refractivity contribution in [2.24, 2.45) is 0 Å². The summed E-state index contributed by atoms with van der Waals surface area (Å²) in [6.45, 7) is 2.56. The van der Waals surface area contributed by atoms with Gasteiger partial charge in [-0.15, -0.1) is 0 Å². The molecule has 1 aromatic heterocycles. The van der Waals surface area contributed by atoms with Gasteiger partial charge in [0.05, 0.1) is 11.9 Å². The largest absolute Gasteiger partial charge is 0.309 e. The van der Waals surface area contributed by atoms with Crippen LogP contribution in [-0.2, 0) is 4.79 Å². The number of rotatable bonds is 1. The van der Waals surface area contributed by atoms with Crippen molar-refractivity contribution in [3.05, 3.63) is 23.0 Å². The maximum atomic E-state index is 11.6. The molecule has 1 aliphatic rings. The van der Waals surface area contributed by atoms with E-state index in [1.54, 1.807) is 17.2 Å². The van der Waals surface area contributed by atoms with Gasteiger partial charge in [0.15, 0.2) is 0 Å². The minimum Gasteiger partial charge on any atom is -0.309 e. The van der Waals surface area contributed by atoms with Crippen molar-refractivity contribution >= 4 is 35.8 Å². The predicted molar refractivity (Wildman–Crippen MR) is 63.7 cm³/mol. The van der Waals surface area contributed by atoms with E-state index in [4.69, 9.17) is 11.6 Å². The van der Waals surface area contributed by atoms with Gasteiger partial charge >= 0.3 is 0 Å². The molecule has 5 heteroatoms. The second-order valence-corrected chi connectivity index (χ2v) is 4.77. The molecular weight excluding hydrogens is 232 g/mol. The van der Waals surface area contributed by atoms with E-state index in [1.165, 1.54) is 0 Å². The van der Waals surface area contributed by atoms with Crippen LogP contribution in [-0.4, -0.2) is 22.7 Å². The lowest BCUT2D eigenvalue weighted by Crippen LogP contribution is -2.25.